The molecule has 0 saturated carbocycles. The Hall–Kier alpha value is -0.580. The van der Waals surface area contributed by atoms with E-state index in [0.717, 1.165) is 19.4 Å². The van der Waals surface area contributed by atoms with E-state index < -0.39 is 0 Å². The van der Waals surface area contributed by atoms with Gasteiger partial charge in [0.2, 0.25) is 5.91 Å². The molecular weight excluding hydrogens is 244 g/mol. The van der Waals surface area contributed by atoms with E-state index in [9.17, 15) is 4.79 Å². The van der Waals surface area contributed by atoms with Crippen molar-refractivity contribution in [3.63, 3.8) is 0 Å². The van der Waals surface area contributed by atoms with Crippen LogP contribution in [0.1, 0.15) is 18.2 Å². The Bertz CT molecular complexity index is 325. The van der Waals surface area contributed by atoms with Crippen LogP contribution in [0.15, 0.2) is 17.5 Å². The highest BCUT2D eigenvalue weighted by Gasteiger charge is 2.25. The second-order valence-electron chi connectivity index (χ2n) is 3.99. The molecule has 2 rings (SSSR count). The molecule has 0 radical (unpaired) electrons. The first-order valence-corrected chi connectivity index (χ1v) is 6.20. The summed E-state index contributed by atoms with van der Waals surface area (Å²) < 4.78 is 0. The first-order chi connectivity index (χ1) is 7.25. The normalized spacial score (nSPS) is 20.4. The molecule has 2 atom stereocenters. The molecule has 1 aliphatic heterocycles. The van der Waals surface area contributed by atoms with Crippen LogP contribution < -0.4 is 10.6 Å². The van der Waals surface area contributed by atoms with Crippen molar-refractivity contribution in [1.29, 1.82) is 0 Å². The van der Waals surface area contributed by atoms with Crippen LogP contribution >= 0.6 is 23.7 Å². The van der Waals surface area contributed by atoms with Crippen LogP contribution in [0.25, 0.3) is 0 Å². The van der Waals surface area contributed by atoms with Gasteiger partial charge in [0.05, 0.1) is 6.04 Å². The molecule has 1 amide bonds. The maximum Gasteiger partial charge on any atom is 0.237 e. The molecule has 0 aromatic carbocycles. The van der Waals surface area contributed by atoms with E-state index in [4.69, 9.17) is 0 Å². The Labute approximate surface area is 106 Å². The molecule has 2 heterocycles. The van der Waals surface area contributed by atoms with Gasteiger partial charge in [0.15, 0.2) is 0 Å². The standard InChI is InChI=1S/C11H16N2OS.ClH/c1-8(7-9-3-2-6-15-9)13-11(14)10-4-5-12-10;/h2-3,6,8,10,12H,4-5,7H2,1H3,(H,13,14);1H/t8?,10-;/m1./s1. The Morgan fingerprint density at radius 1 is 1.75 bits per heavy atom. The minimum atomic E-state index is 0. The number of hydrogen-bond acceptors (Lipinski definition) is 3. The van der Waals surface area contributed by atoms with E-state index in [1.165, 1.54) is 4.88 Å². The number of carbonyl (C=O) groups excluding carboxylic acids is 1. The van der Waals surface area contributed by atoms with Gasteiger partial charge < -0.3 is 10.6 Å². The zero-order valence-corrected chi connectivity index (χ0v) is 10.9. The third kappa shape index (κ3) is 3.47. The lowest BCUT2D eigenvalue weighted by atomic mass is 10.1. The number of hydrogen-bond donors (Lipinski definition) is 2. The predicted octanol–water partition coefficient (Wildman–Crippen LogP) is 1.58. The molecule has 1 aromatic heterocycles. The Balaban J connectivity index is 0.00000128. The third-order valence-corrected chi connectivity index (χ3v) is 3.52. The zero-order valence-electron chi connectivity index (χ0n) is 9.23. The van der Waals surface area contributed by atoms with Gasteiger partial charge in [-0.3, -0.25) is 4.79 Å². The van der Waals surface area contributed by atoms with Crippen molar-refractivity contribution in [3.05, 3.63) is 22.4 Å². The first kappa shape index (κ1) is 13.5. The monoisotopic (exact) mass is 260 g/mol. The van der Waals surface area contributed by atoms with Gasteiger partial charge >= 0.3 is 0 Å². The third-order valence-electron chi connectivity index (χ3n) is 2.62. The zero-order chi connectivity index (χ0) is 10.7. The second-order valence-corrected chi connectivity index (χ2v) is 5.02. The molecule has 90 valence electrons. The maximum atomic E-state index is 11.6. The highest BCUT2D eigenvalue weighted by molar-refractivity contribution is 7.09. The average molecular weight is 261 g/mol. The van der Waals surface area contributed by atoms with Crippen molar-refractivity contribution < 1.29 is 4.79 Å². The van der Waals surface area contributed by atoms with E-state index in [2.05, 4.69) is 29.0 Å². The summed E-state index contributed by atoms with van der Waals surface area (Å²) in [6, 6.07) is 4.42. The molecular formula is C11H17ClN2OS. The molecule has 0 aliphatic carbocycles. The molecule has 1 fully saturated rings. The molecule has 16 heavy (non-hydrogen) atoms. The average Bonchev–Trinajstić information content (AvgIpc) is 2.52. The molecule has 0 bridgehead atoms. The van der Waals surface area contributed by atoms with Gasteiger partial charge in [0, 0.05) is 17.3 Å². The summed E-state index contributed by atoms with van der Waals surface area (Å²) in [6.07, 6.45) is 1.90. The fourth-order valence-electron chi connectivity index (χ4n) is 1.64. The number of rotatable bonds is 4. The Morgan fingerprint density at radius 2 is 2.50 bits per heavy atom. The molecule has 5 heteroatoms. The summed E-state index contributed by atoms with van der Waals surface area (Å²) in [5, 5.41) is 8.19. The summed E-state index contributed by atoms with van der Waals surface area (Å²) >= 11 is 1.74. The van der Waals surface area contributed by atoms with Crippen LogP contribution in [0.3, 0.4) is 0 Å². The van der Waals surface area contributed by atoms with Gasteiger partial charge in [-0.05, 0) is 31.3 Å². The first-order valence-electron chi connectivity index (χ1n) is 5.32. The lowest BCUT2D eigenvalue weighted by Crippen LogP contribution is -2.54. The number of thiophene rings is 1. The van der Waals surface area contributed by atoms with Crippen molar-refractivity contribution in [2.45, 2.75) is 31.8 Å². The lowest BCUT2D eigenvalue weighted by Gasteiger charge is -2.27. The number of halogens is 1. The second kappa shape index (κ2) is 6.23. The fourth-order valence-corrected chi connectivity index (χ4v) is 2.47. The number of amides is 1. The van der Waals surface area contributed by atoms with Crippen LogP contribution in [-0.4, -0.2) is 24.5 Å². The van der Waals surface area contributed by atoms with Gasteiger partial charge in [-0.2, -0.15) is 0 Å². The summed E-state index contributed by atoms with van der Waals surface area (Å²) in [5.41, 5.74) is 0. The highest BCUT2D eigenvalue weighted by Crippen LogP contribution is 2.11. The van der Waals surface area contributed by atoms with E-state index in [1.54, 1.807) is 11.3 Å². The minimum absolute atomic E-state index is 0. The van der Waals surface area contributed by atoms with Gasteiger partial charge in [0.1, 0.15) is 0 Å². The van der Waals surface area contributed by atoms with Gasteiger partial charge in [-0.25, -0.2) is 0 Å². The molecule has 0 spiro atoms. The Kier molecular flexibility index (Phi) is 5.25. The van der Waals surface area contributed by atoms with Gasteiger partial charge in [-0.15, -0.1) is 23.7 Å². The summed E-state index contributed by atoms with van der Waals surface area (Å²) in [7, 11) is 0. The molecule has 3 nitrogen and oxygen atoms in total. The van der Waals surface area contributed by atoms with Gasteiger partial charge in [0.25, 0.3) is 0 Å². The number of nitrogens with one attached hydrogen (secondary N) is 2. The summed E-state index contributed by atoms with van der Waals surface area (Å²) in [6.45, 7) is 3.02. The topological polar surface area (TPSA) is 41.1 Å². The van der Waals surface area contributed by atoms with Crippen molar-refractivity contribution >= 4 is 29.7 Å². The largest absolute Gasteiger partial charge is 0.352 e. The highest BCUT2D eigenvalue weighted by atomic mass is 35.5. The molecule has 1 unspecified atom stereocenters. The molecule has 1 saturated heterocycles. The number of carbonyl (C=O) groups is 1. The Morgan fingerprint density at radius 3 is 3.00 bits per heavy atom. The van der Waals surface area contributed by atoms with E-state index in [-0.39, 0.29) is 30.4 Å². The van der Waals surface area contributed by atoms with E-state index in [0.29, 0.717) is 0 Å². The van der Waals surface area contributed by atoms with E-state index >= 15 is 0 Å². The quantitative estimate of drug-likeness (QED) is 0.863. The molecule has 2 N–H and O–H groups in total. The van der Waals surface area contributed by atoms with Crippen LogP contribution in [0.2, 0.25) is 0 Å². The van der Waals surface area contributed by atoms with Gasteiger partial charge in [-0.1, -0.05) is 6.07 Å². The van der Waals surface area contributed by atoms with Crippen LogP contribution in [0.5, 0.6) is 0 Å². The lowest BCUT2D eigenvalue weighted by molar-refractivity contribution is -0.125. The minimum Gasteiger partial charge on any atom is -0.352 e. The smallest absolute Gasteiger partial charge is 0.237 e. The van der Waals surface area contributed by atoms with Crippen LogP contribution in [0, 0.1) is 0 Å². The van der Waals surface area contributed by atoms with Crippen LogP contribution in [0.4, 0.5) is 0 Å². The SMILES string of the molecule is CC(Cc1cccs1)NC(=O)[C@H]1CCN1.Cl. The summed E-state index contributed by atoms with van der Waals surface area (Å²) in [5.74, 6) is 0.144. The van der Waals surface area contributed by atoms with Crippen molar-refractivity contribution in [1.82, 2.24) is 10.6 Å². The van der Waals surface area contributed by atoms with Crippen molar-refractivity contribution in [3.8, 4) is 0 Å². The predicted molar refractivity (Wildman–Crippen MR) is 69.3 cm³/mol. The van der Waals surface area contributed by atoms with Crippen molar-refractivity contribution in [2.75, 3.05) is 6.54 Å². The fraction of sp³-hybridized carbons (Fsp3) is 0.545. The summed E-state index contributed by atoms with van der Waals surface area (Å²) in [4.78, 5) is 12.9. The van der Waals surface area contributed by atoms with E-state index in [1.807, 2.05) is 6.07 Å². The molecule has 1 aliphatic rings. The van der Waals surface area contributed by atoms with Crippen LogP contribution in [-0.2, 0) is 11.2 Å². The maximum absolute atomic E-state index is 11.6. The molecule has 1 aromatic rings. The van der Waals surface area contributed by atoms with Crippen molar-refractivity contribution in [2.24, 2.45) is 0 Å².